The van der Waals surface area contributed by atoms with Crippen molar-refractivity contribution in [3.63, 3.8) is 0 Å². The van der Waals surface area contributed by atoms with Gasteiger partial charge < -0.3 is 19.1 Å². The minimum atomic E-state index is -4.21. The third kappa shape index (κ3) is 16.2. The molecule has 0 amide bonds. The van der Waals surface area contributed by atoms with Crippen molar-refractivity contribution in [2.24, 2.45) is 0 Å². The van der Waals surface area contributed by atoms with E-state index in [0.717, 1.165) is 120 Å². The molecule has 0 saturated carbocycles. The fourth-order valence-electron chi connectivity index (χ4n) is 5.06. The number of nitro benzene ring substituents is 1. The Labute approximate surface area is 265 Å². The Morgan fingerprint density at radius 2 is 1.11 bits per heavy atom. The number of ether oxygens (including phenoxy) is 2. The molecule has 0 spiro atoms. The fraction of sp³-hybridized carbons (Fsp3) is 0.758. The van der Waals surface area contributed by atoms with E-state index in [1.54, 1.807) is 6.92 Å². The third-order valence-electron chi connectivity index (χ3n) is 8.01. The number of hydrogen-bond donors (Lipinski definition) is 0. The van der Waals surface area contributed by atoms with E-state index in [-0.39, 0.29) is 18.1 Å². The zero-order valence-electron chi connectivity index (χ0n) is 27.1. The highest BCUT2D eigenvalue weighted by molar-refractivity contribution is 7.89. The summed E-state index contributed by atoms with van der Waals surface area (Å²) < 4.78 is 40.4. The summed E-state index contributed by atoms with van der Waals surface area (Å²) >= 11 is 0. The molecular weight excluding hydrogens is 584 g/mol. The smallest absolute Gasteiger partial charge is 0.289 e. The average Bonchev–Trinajstić information content (AvgIpc) is 3.01. The molecule has 0 N–H and O–H groups in total. The highest BCUT2D eigenvalue weighted by Crippen LogP contribution is 2.30. The molecular formula is C33H56N2O8S. The SMILES string of the molecule is CN(C(C)(COCCCCCCCCCCC=O)COCCCCCCCCCCC=O)S(=O)(=O)c1ccccc1[N+](=O)[O-]. The summed E-state index contributed by atoms with van der Waals surface area (Å²) in [6.45, 7) is 2.94. The second-order valence-corrected chi connectivity index (χ2v) is 13.8. The van der Waals surface area contributed by atoms with Gasteiger partial charge in [-0.15, -0.1) is 0 Å². The van der Waals surface area contributed by atoms with E-state index in [1.165, 1.54) is 31.3 Å². The molecule has 10 nitrogen and oxygen atoms in total. The number of rotatable bonds is 30. The molecule has 0 heterocycles. The van der Waals surface area contributed by atoms with Gasteiger partial charge in [0.1, 0.15) is 12.6 Å². The summed E-state index contributed by atoms with van der Waals surface area (Å²) in [6.07, 6.45) is 20.2. The molecule has 1 aromatic rings. The summed E-state index contributed by atoms with van der Waals surface area (Å²) in [4.78, 5) is 31.3. The van der Waals surface area contributed by atoms with Crippen molar-refractivity contribution in [2.75, 3.05) is 33.5 Å². The molecule has 44 heavy (non-hydrogen) atoms. The molecule has 0 aliphatic heterocycles. The highest BCUT2D eigenvalue weighted by Gasteiger charge is 2.41. The molecule has 0 unspecified atom stereocenters. The van der Waals surface area contributed by atoms with Crippen LogP contribution in [-0.4, -0.2) is 69.2 Å². The van der Waals surface area contributed by atoms with Gasteiger partial charge >= 0.3 is 0 Å². The molecule has 0 aliphatic carbocycles. The zero-order valence-corrected chi connectivity index (χ0v) is 27.9. The molecule has 0 bridgehead atoms. The van der Waals surface area contributed by atoms with Crippen molar-refractivity contribution in [3.8, 4) is 0 Å². The van der Waals surface area contributed by atoms with Crippen LogP contribution in [0.2, 0.25) is 0 Å². The number of carbonyl (C=O) groups excluding carboxylic acids is 2. The van der Waals surface area contributed by atoms with Gasteiger partial charge in [-0.05, 0) is 38.7 Å². The van der Waals surface area contributed by atoms with Crippen LogP contribution in [0.15, 0.2) is 29.2 Å². The molecule has 11 heteroatoms. The number of carbonyl (C=O) groups is 2. The monoisotopic (exact) mass is 640 g/mol. The van der Waals surface area contributed by atoms with Gasteiger partial charge in [-0.1, -0.05) is 89.2 Å². The van der Waals surface area contributed by atoms with Crippen molar-refractivity contribution >= 4 is 28.3 Å². The van der Waals surface area contributed by atoms with Crippen LogP contribution in [-0.2, 0) is 29.1 Å². The van der Waals surface area contributed by atoms with E-state index < -0.39 is 26.2 Å². The lowest BCUT2D eigenvalue weighted by Crippen LogP contribution is -2.53. The first-order valence-corrected chi connectivity index (χ1v) is 17.9. The van der Waals surface area contributed by atoms with Crippen LogP contribution in [0, 0.1) is 10.1 Å². The van der Waals surface area contributed by atoms with E-state index in [1.807, 2.05) is 0 Å². The van der Waals surface area contributed by atoms with E-state index in [0.29, 0.717) is 26.1 Å². The number of sulfonamides is 1. The van der Waals surface area contributed by atoms with Crippen molar-refractivity contribution in [2.45, 2.75) is 133 Å². The predicted octanol–water partition coefficient (Wildman–Crippen LogP) is 7.43. The van der Waals surface area contributed by atoms with Crippen LogP contribution >= 0.6 is 0 Å². The quantitative estimate of drug-likeness (QED) is 0.0367. The summed E-state index contributed by atoms with van der Waals surface area (Å²) in [5.41, 5.74) is -1.53. The molecule has 0 fully saturated rings. The average molecular weight is 641 g/mol. The van der Waals surface area contributed by atoms with Gasteiger partial charge in [0.2, 0.25) is 10.0 Å². The number of nitro groups is 1. The Hall–Kier alpha value is -2.21. The second-order valence-electron chi connectivity index (χ2n) is 11.9. The van der Waals surface area contributed by atoms with E-state index in [2.05, 4.69) is 0 Å². The van der Waals surface area contributed by atoms with Crippen molar-refractivity contribution in [1.82, 2.24) is 4.31 Å². The first kappa shape index (κ1) is 39.8. The normalized spacial score (nSPS) is 12.1. The fourth-order valence-corrected chi connectivity index (χ4v) is 6.69. The van der Waals surface area contributed by atoms with Crippen LogP contribution in [0.4, 0.5) is 5.69 Å². The number of likely N-dealkylation sites (N-methyl/N-ethyl adjacent to an activating group) is 1. The molecule has 0 atom stereocenters. The van der Waals surface area contributed by atoms with Crippen molar-refractivity contribution in [1.29, 1.82) is 0 Å². The Morgan fingerprint density at radius 1 is 0.727 bits per heavy atom. The maximum absolute atomic E-state index is 13.6. The minimum Gasteiger partial charge on any atom is -0.379 e. The lowest BCUT2D eigenvalue weighted by atomic mass is 10.1. The van der Waals surface area contributed by atoms with Crippen LogP contribution in [0.1, 0.15) is 122 Å². The van der Waals surface area contributed by atoms with Gasteiger partial charge in [0.15, 0.2) is 4.90 Å². The summed E-state index contributed by atoms with van der Waals surface area (Å²) in [5, 5.41) is 11.6. The first-order valence-electron chi connectivity index (χ1n) is 16.5. The van der Waals surface area contributed by atoms with E-state index >= 15 is 0 Å². The molecule has 1 aromatic carbocycles. The Bertz CT molecular complexity index is 1000. The Balaban J connectivity index is 2.62. The maximum atomic E-state index is 13.6. The third-order valence-corrected chi connectivity index (χ3v) is 10.1. The van der Waals surface area contributed by atoms with Gasteiger partial charge in [0.25, 0.3) is 5.69 Å². The summed E-state index contributed by atoms with van der Waals surface area (Å²) in [5.74, 6) is 0. The van der Waals surface area contributed by atoms with Gasteiger partial charge in [-0.2, -0.15) is 4.31 Å². The van der Waals surface area contributed by atoms with Gasteiger partial charge in [-0.25, -0.2) is 8.42 Å². The second kappa shape index (κ2) is 24.1. The van der Waals surface area contributed by atoms with Crippen molar-refractivity contribution in [3.05, 3.63) is 34.4 Å². The Kier molecular flexibility index (Phi) is 21.8. The number of hydrogen-bond acceptors (Lipinski definition) is 8. The number of para-hydroxylation sites is 1. The maximum Gasteiger partial charge on any atom is 0.289 e. The number of aldehydes is 2. The molecule has 0 saturated heterocycles. The number of benzene rings is 1. The number of unbranched alkanes of at least 4 members (excludes halogenated alkanes) is 16. The molecule has 0 aromatic heterocycles. The van der Waals surface area contributed by atoms with Crippen LogP contribution in [0.3, 0.4) is 0 Å². The summed E-state index contributed by atoms with van der Waals surface area (Å²) in [7, 11) is -2.78. The first-order chi connectivity index (χ1) is 21.2. The van der Waals surface area contributed by atoms with Crippen LogP contribution < -0.4 is 0 Å². The molecule has 1 rings (SSSR count). The lowest BCUT2D eigenvalue weighted by molar-refractivity contribution is -0.387. The zero-order chi connectivity index (χ0) is 32.5. The number of nitrogens with zero attached hydrogens (tertiary/aromatic N) is 2. The highest BCUT2D eigenvalue weighted by atomic mass is 32.2. The van der Waals surface area contributed by atoms with Crippen LogP contribution in [0.25, 0.3) is 0 Å². The standard InChI is InChI=1S/C33H56N2O8S/c1-33(29-42-27-21-15-11-7-3-5-9-13-19-25-36,30-43-28-22-16-12-8-4-6-10-14-20-26-37)34(2)44(40,41)32-24-18-17-23-31(32)35(38)39/h17-18,23-26H,3-16,19-22,27-30H2,1-2H3. The van der Waals surface area contributed by atoms with E-state index in [9.17, 15) is 28.1 Å². The molecule has 252 valence electrons. The van der Waals surface area contributed by atoms with E-state index in [4.69, 9.17) is 9.47 Å². The molecule has 0 radical (unpaired) electrons. The topological polar surface area (TPSA) is 133 Å². The Morgan fingerprint density at radius 3 is 1.52 bits per heavy atom. The van der Waals surface area contributed by atoms with Crippen molar-refractivity contribution < 1.29 is 32.4 Å². The minimum absolute atomic E-state index is 0.101. The lowest BCUT2D eigenvalue weighted by Gasteiger charge is -2.37. The largest absolute Gasteiger partial charge is 0.379 e. The summed E-state index contributed by atoms with van der Waals surface area (Å²) in [6, 6.07) is 5.39. The van der Waals surface area contributed by atoms with Crippen LogP contribution in [0.5, 0.6) is 0 Å². The predicted molar refractivity (Wildman–Crippen MR) is 173 cm³/mol. The van der Waals surface area contributed by atoms with Gasteiger partial charge in [0.05, 0.1) is 23.7 Å². The van der Waals surface area contributed by atoms with Gasteiger partial charge in [0, 0.05) is 39.2 Å². The molecule has 0 aliphatic rings. The van der Waals surface area contributed by atoms with Gasteiger partial charge in [-0.3, -0.25) is 10.1 Å².